The Morgan fingerprint density at radius 1 is 0.905 bits per heavy atom. The van der Waals surface area contributed by atoms with E-state index in [0.29, 0.717) is 5.92 Å². The molecule has 1 atom stereocenters. The molecule has 0 fully saturated rings. The lowest BCUT2D eigenvalue weighted by Crippen LogP contribution is -2.32. The van der Waals surface area contributed by atoms with Gasteiger partial charge < -0.3 is 4.57 Å². The molecular formula is C20H15N. The van der Waals surface area contributed by atoms with Gasteiger partial charge in [0.25, 0.3) is 0 Å². The van der Waals surface area contributed by atoms with Crippen LogP contribution < -0.4 is 21.0 Å². The molecule has 100 valence electrons. The lowest BCUT2D eigenvalue weighted by atomic mass is 9.95. The van der Waals surface area contributed by atoms with E-state index in [-0.39, 0.29) is 0 Å². The van der Waals surface area contributed by atoms with Gasteiger partial charge in [-0.15, -0.1) is 0 Å². The first kappa shape index (κ1) is 11.2. The molecule has 0 amide bonds. The van der Waals surface area contributed by atoms with Crippen molar-refractivity contribution in [3.05, 3.63) is 69.5 Å². The highest BCUT2D eigenvalue weighted by Gasteiger charge is 2.19. The van der Waals surface area contributed by atoms with Crippen molar-refractivity contribution in [1.29, 1.82) is 0 Å². The molecule has 0 aliphatic heterocycles. The maximum absolute atomic E-state index is 2.42. The number of fused-ring (bicyclic) bond motifs is 5. The number of rotatable bonds is 0. The van der Waals surface area contributed by atoms with Crippen LogP contribution in [0.1, 0.15) is 0 Å². The van der Waals surface area contributed by atoms with Gasteiger partial charge in [0.05, 0.1) is 0 Å². The molecule has 2 aromatic carbocycles. The summed E-state index contributed by atoms with van der Waals surface area (Å²) in [5, 5.41) is 6.81. The van der Waals surface area contributed by atoms with Crippen LogP contribution in [-0.2, 0) is 7.05 Å². The van der Waals surface area contributed by atoms with E-state index < -0.39 is 0 Å². The van der Waals surface area contributed by atoms with Crippen LogP contribution in [0.2, 0.25) is 0 Å². The van der Waals surface area contributed by atoms with Crippen LogP contribution in [0.3, 0.4) is 0 Å². The third kappa shape index (κ3) is 1.36. The van der Waals surface area contributed by atoms with Crippen molar-refractivity contribution in [2.75, 3.05) is 0 Å². The van der Waals surface area contributed by atoms with E-state index in [9.17, 15) is 0 Å². The molecule has 0 radical (unpaired) electrons. The maximum atomic E-state index is 2.42. The first-order valence-corrected chi connectivity index (χ1v) is 7.41. The summed E-state index contributed by atoms with van der Waals surface area (Å²) in [6.07, 6.45) is 7.18. The van der Waals surface area contributed by atoms with Gasteiger partial charge >= 0.3 is 0 Å². The quantitative estimate of drug-likeness (QED) is 0.574. The lowest BCUT2D eigenvalue weighted by Gasteiger charge is -2.09. The van der Waals surface area contributed by atoms with Gasteiger partial charge in [0, 0.05) is 34.4 Å². The summed E-state index contributed by atoms with van der Waals surface area (Å²) in [5.41, 5.74) is 2.74. The zero-order valence-electron chi connectivity index (χ0n) is 11.9. The summed E-state index contributed by atoms with van der Waals surface area (Å²) in [6.45, 7) is 0. The predicted octanol–water partition coefficient (Wildman–Crippen LogP) is 1.01. The molecule has 1 aromatic heterocycles. The molecule has 1 nitrogen and oxygen atoms in total. The van der Waals surface area contributed by atoms with E-state index in [0.717, 1.165) is 0 Å². The number of aryl methyl sites for hydroxylation is 1. The third-order valence-corrected chi connectivity index (χ3v) is 4.82. The number of hydrogen-bond acceptors (Lipinski definition) is 0. The minimum absolute atomic E-state index is 0.417. The van der Waals surface area contributed by atoms with Gasteiger partial charge in [-0.05, 0) is 28.2 Å². The van der Waals surface area contributed by atoms with Crippen LogP contribution in [-0.4, -0.2) is 4.57 Å². The smallest absolute Gasteiger partial charge is 0.0489 e. The second-order valence-corrected chi connectivity index (χ2v) is 5.92. The Morgan fingerprint density at radius 2 is 1.71 bits per heavy atom. The third-order valence-electron chi connectivity index (χ3n) is 4.82. The molecule has 0 saturated heterocycles. The van der Waals surface area contributed by atoms with Crippen LogP contribution in [0.5, 0.6) is 0 Å². The number of benzene rings is 2. The monoisotopic (exact) mass is 269 g/mol. The van der Waals surface area contributed by atoms with E-state index in [1.54, 1.807) is 0 Å². The number of aromatic nitrogens is 1. The first-order chi connectivity index (χ1) is 10.3. The summed E-state index contributed by atoms with van der Waals surface area (Å²) in [5.74, 6) is 0.417. The fraction of sp³-hybridized carbons (Fsp3) is 0.100. The summed E-state index contributed by atoms with van der Waals surface area (Å²) >= 11 is 0. The van der Waals surface area contributed by atoms with Crippen molar-refractivity contribution in [2.24, 2.45) is 13.0 Å². The first-order valence-electron chi connectivity index (χ1n) is 7.41. The molecular weight excluding hydrogens is 254 g/mol. The Bertz CT molecular complexity index is 1140. The summed E-state index contributed by atoms with van der Waals surface area (Å²) < 4.78 is 2.31. The van der Waals surface area contributed by atoms with E-state index in [1.807, 2.05) is 0 Å². The van der Waals surface area contributed by atoms with E-state index in [4.69, 9.17) is 0 Å². The highest BCUT2D eigenvalue weighted by atomic mass is 14.9. The van der Waals surface area contributed by atoms with Gasteiger partial charge in [0.1, 0.15) is 0 Å². The van der Waals surface area contributed by atoms with Gasteiger partial charge in [-0.2, -0.15) is 0 Å². The number of nitrogens with zero attached hydrogens (tertiary/aromatic N) is 1. The molecule has 5 rings (SSSR count). The van der Waals surface area contributed by atoms with Crippen molar-refractivity contribution in [3.63, 3.8) is 0 Å². The summed E-state index contributed by atoms with van der Waals surface area (Å²) in [7, 11) is 2.16. The van der Waals surface area contributed by atoms with Crippen LogP contribution >= 0.6 is 0 Å². The number of hydrogen-bond donors (Lipinski definition) is 0. The Morgan fingerprint density at radius 3 is 2.67 bits per heavy atom. The van der Waals surface area contributed by atoms with Gasteiger partial charge in [0.15, 0.2) is 0 Å². The molecule has 2 aliphatic rings. The normalized spacial score (nSPS) is 18.3. The lowest BCUT2D eigenvalue weighted by molar-refractivity contribution is 0.921. The molecule has 2 aliphatic carbocycles. The Balaban J connectivity index is 2.01. The van der Waals surface area contributed by atoms with Crippen molar-refractivity contribution >= 4 is 34.7 Å². The molecule has 0 N–H and O–H groups in total. The fourth-order valence-corrected chi connectivity index (χ4v) is 3.80. The van der Waals surface area contributed by atoms with Crippen molar-refractivity contribution in [2.45, 2.75) is 0 Å². The second kappa shape index (κ2) is 3.76. The molecule has 3 aromatic rings. The molecule has 1 heteroatoms. The highest BCUT2D eigenvalue weighted by Crippen LogP contribution is 2.22. The van der Waals surface area contributed by atoms with Crippen molar-refractivity contribution in [1.82, 2.24) is 4.57 Å². The molecule has 0 bridgehead atoms. The minimum Gasteiger partial charge on any atom is -0.344 e. The highest BCUT2D eigenvalue weighted by molar-refractivity contribution is 5.94. The van der Waals surface area contributed by atoms with Crippen molar-refractivity contribution < 1.29 is 0 Å². The average Bonchev–Trinajstić information content (AvgIpc) is 3.02. The van der Waals surface area contributed by atoms with Gasteiger partial charge in [-0.1, -0.05) is 54.6 Å². The van der Waals surface area contributed by atoms with Crippen molar-refractivity contribution in [3.8, 4) is 0 Å². The molecule has 0 saturated carbocycles. The number of para-hydroxylation sites is 1. The zero-order chi connectivity index (χ0) is 14.0. The van der Waals surface area contributed by atoms with Gasteiger partial charge in [-0.3, -0.25) is 0 Å². The van der Waals surface area contributed by atoms with E-state index in [2.05, 4.69) is 78.4 Å². The minimum atomic E-state index is 0.417. The summed E-state index contributed by atoms with van der Waals surface area (Å²) in [4.78, 5) is 0. The molecule has 21 heavy (non-hydrogen) atoms. The zero-order valence-corrected chi connectivity index (χ0v) is 11.9. The topological polar surface area (TPSA) is 4.93 Å². The molecule has 0 spiro atoms. The molecule has 1 heterocycles. The fourth-order valence-electron chi connectivity index (χ4n) is 3.80. The Hall–Kier alpha value is -2.54. The largest absolute Gasteiger partial charge is 0.344 e. The average molecular weight is 269 g/mol. The molecule has 1 unspecified atom stereocenters. The van der Waals surface area contributed by atoms with E-state index in [1.165, 1.54) is 37.5 Å². The second-order valence-electron chi connectivity index (χ2n) is 5.92. The summed E-state index contributed by atoms with van der Waals surface area (Å²) in [6, 6.07) is 17.4. The van der Waals surface area contributed by atoms with Crippen LogP contribution in [0.25, 0.3) is 34.7 Å². The standard InChI is InChI=1S/C20H15N/c1-21-19-9-5-4-8-16(19)18-11-14-10-13-6-2-3-7-15(13)17(14)12-20(18)21/h2-12,14H,1H3. The SMILES string of the molecule is Cn1c2c(c3ccccc31)=CC1C=c3ccccc3=C1C=2. The van der Waals surface area contributed by atoms with Gasteiger partial charge in [0.2, 0.25) is 0 Å². The van der Waals surface area contributed by atoms with Crippen LogP contribution in [0.15, 0.2) is 48.5 Å². The Kier molecular flexibility index (Phi) is 2.00. The van der Waals surface area contributed by atoms with Crippen LogP contribution in [0, 0.1) is 5.92 Å². The van der Waals surface area contributed by atoms with E-state index >= 15 is 0 Å². The predicted molar refractivity (Wildman–Crippen MR) is 88.2 cm³/mol. The van der Waals surface area contributed by atoms with Crippen LogP contribution in [0.4, 0.5) is 0 Å². The maximum Gasteiger partial charge on any atom is 0.0489 e. The Labute approximate surface area is 122 Å². The van der Waals surface area contributed by atoms with Gasteiger partial charge in [-0.25, -0.2) is 0 Å².